The van der Waals surface area contributed by atoms with Crippen LogP contribution in [0.5, 0.6) is 0 Å². The molecule has 2 fully saturated rings. The lowest BCUT2D eigenvalue weighted by atomic mass is 9.68. The lowest BCUT2D eigenvalue weighted by molar-refractivity contribution is -0.123. The van der Waals surface area contributed by atoms with Gasteiger partial charge in [0.2, 0.25) is 0 Å². The van der Waals surface area contributed by atoms with Gasteiger partial charge in [-0.25, -0.2) is 0 Å². The highest BCUT2D eigenvalue weighted by molar-refractivity contribution is 9.11. The topological polar surface area (TPSA) is 17.1 Å². The van der Waals surface area contributed by atoms with E-state index in [0.29, 0.717) is 11.8 Å². The molecular weight excluding hydrogens is 452 g/mol. The molecule has 0 N–H and O–H groups in total. The number of carbonyl (C=O) groups excluding carboxylic acids is 1. The van der Waals surface area contributed by atoms with E-state index >= 15 is 0 Å². The first-order valence-corrected chi connectivity index (χ1v) is 11.8. The molecule has 0 amide bonds. The van der Waals surface area contributed by atoms with Gasteiger partial charge < -0.3 is 0 Å². The van der Waals surface area contributed by atoms with Crippen LogP contribution in [0.15, 0.2) is 48.6 Å². The standard InChI is InChI=1S/C23H28Br2O/c24-22(15-7-5-13-19(22)17-9-1-2-10-17)21(26)23(25)16-8-6-14-20(23)18-11-3-4-12-18/h5-8,13-20H,1-4,9-12H2. The first kappa shape index (κ1) is 18.9. The molecule has 0 heterocycles. The number of hydrogen-bond acceptors (Lipinski definition) is 1. The minimum atomic E-state index is -0.605. The number of carbonyl (C=O) groups is 1. The van der Waals surface area contributed by atoms with Crippen LogP contribution >= 0.6 is 31.9 Å². The van der Waals surface area contributed by atoms with Crippen LogP contribution in [0, 0.1) is 23.7 Å². The molecule has 140 valence electrons. The molecule has 4 aliphatic rings. The fourth-order valence-corrected chi connectivity index (χ4v) is 7.92. The van der Waals surface area contributed by atoms with Crippen LogP contribution in [0.3, 0.4) is 0 Å². The van der Waals surface area contributed by atoms with Crippen molar-refractivity contribution in [1.82, 2.24) is 0 Å². The van der Waals surface area contributed by atoms with E-state index in [4.69, 9.17) is 0 Å². The van der Waals surface area contributed by atoms with E-state index in [1.807, 2.05) is 12.2 Å². The molecule has 4 unspecified atom stereocenters. The molecule has 1 nitrogen and oxygen atoms in total. The number of hydrogen-bond donors (Lipinski definition) is 0. The van der Waals surface area contributed by atoms with Crippen molar-refractivity contribution < 1.29 is 4.79 Å². The molecule has 4 aliphatic carbocycles. The quantitative estimate of drug-likeness (QED) is 0.410. The Bertz CT molecular complexity index is 608. The Morgan fingerprint density at radius 2 is 1.08 bits per heavy atom. The lowest BCUT2D eigenvalue weighted by Crippen LogP contribution is -2.54. The fraction of sp³-hybridized carbons (Fsp3) is 0.609. The molecule has 4 rings (SSSR count). The maximum atomic E-state index is 14.1. The molecule has 0 bridgehead atoms. The first-order valence-electron chi connectivity index (χ1n) is 10.2. The van der Waals surface area contributed by atoms with Crippen LogP contribution < -0.4 is 0 Å². The molecule has 0 aliphatic heterocycles. The second-order valence-electron chi connectivity index (χ2n) is 8.49. The van der Waals surface area contributed by atoms with Crippen molar-refractivity contribution in [3.63, 3.8) is 0 Å². The van der Waals surface area contributed by atoms with E-state index in [-0.39, 0.29) is 17.6 Å². The van der Waals surface area contributed by atoms with E-state index < -0.39 is 8.65 Å². The van der Waals surface area contributed by atoms with Gasteiger partial charge in [-0.1, -0.05) is 106 Å². The number of alkyl halides is 2. The number of Topliss-reactive ketones (excluding diaryl/α,β-unsaturated/α-hetero) is 1. The van der Waals surface area contributed by atoms with Crippen molar-refractivity contribution in [2.45, 2.75) is 60.0 Å². The number of ketones is 1. The molecule has 0 aromatic rings. The Balaban J connectivity index is 1.67. The summed E-state index contributed by atoms with van der Waals surface area (Å²) in [6.07, 6.45) is 27.2. The van der Waals surface area contributed by atoms with Crippen molar-refractivity contribution in [3.05, 3.63) is 48.6 Å². The fourth-order valence-electron chi connectivity index (χ4n) is 5.64. The molecule has 2 saturated carbocycles. The van der Waals surface area contributed by atoms with Gasteiger partial charge in [0.15, 0.2) is 5.78 Å². The first-order chi connectivity index (χ1) is 12.6. The largest absolute Gasteiger partial charge is 0.296 e. The number of rotatable bonds is 4. The molecule has 4 atom stereocenters. The minimum Gasteiger partial charge on any atom is -0.296 e. The van der Waals surface area contributed by atoms with Crippen molar-refractivity contribution >= 4 is 37.6 Å². The minimum absolute atomic E-state index is 0.250. The van der Waals surface area contributed by atoms with E-state index in [9.17, 15) is 4.79 Å². The van der Waals surface area contributed by atoms with Gasteiger partial charge in [-0.2, -0.15) is 0 Å². The third-order valence-electron chi connectivity index (χ3n) is 7.02. The highest BCUT2D eigenvalue weighted by Crippen LogP contribution is 2.52. The smallest absolute Gasteiger partial charge is 0.175 e. The number of halogens is 2. The lowest BCUT2D eigenvalue weighted by Gasteiger charge is -2.44. The van der Waals surface area contributed by atoms with Gasteiger partial charge in [-0.3, -0.25) is 4.79 Å². The maximum Gasteiger partial charge on any atom is 0.175 e. The third kappa shape index (κ3) is 3.17. The molecule has 0 spiro atoms. The normalized spacial score (nSPS) is 40.5. The molecule has 0 saturated heterocycles. The summed E-state index contributed by atoms with van der Waals surface area (Å²) >= 11 is 7.94. The summed E-state index contributed by atoms with van der Waals surface area (Å²) in [7, 11) is 0. The molecule has 0 radical (unpaired) electrons. The van der Waals surface area contributed by atoms with E-state index in [2.05, 4.69) is 68.3 Å². The predicted octanol–water partition coefficient (Wildman–Crippen LogP) is 6.69. The van der Waals surface area contributed by atoms with Crippen molar-refractivity contribution in [1.29, 1.82) is 0 Å². The Morgan fingerprint density at radius 3 is 1.46 bits per heavy atom. The van der Waals surface area contributed by atoms with Gasteiger partial charge in [0.1, 0.15) is 8.65 Å². The molecule has 26 heavy (non-hydrogen) atoms. The average Bonchev–Trinajstić information content (AvgIpc) is 3.36. The van der Waals surface area contributed by atoms with Crippen LogP contribution in [0.1, 0.15) is 51.4 Å². The highest BCUT2D eigenvalue weighted by atomic mass is 79.9. The van der Waals surface area contributed by atoms with Gasteiger partial charge in [0, 0.05) is 11.8 Å². The maximum absolute atomic E-state index is 14.1. The Kier molecular flexibility index (Phi) is 5.49. The number of allylic oxidation sites excluding steroid dienone is 8. The summed E-state index contributed by atoms with van der Waals surface area (Å²) in [5.74, 6) is 1.98. The third-order valence-corrected chi connectivity index (χ3v) is 9.32. The van der Waals surface area contributed by atoms with Crippen molar-refractivity contribution in [2.24, 2.45) is 23.7 Å². The molecule has 0 aromatic carbocycles. The summed E-state index contributed by atoms with van der Waals surface area (Å²) in [5.41, 5.74) is 0. The van der Waals surface area contributed by atoms with Gasteiger partial charge in [0.25, 0.3) is 0 Å². The Hall–Kier alpha value is -0.410. The van der Waals surface area contributed by atoms with Crippen LogP contribution in [-0.4, -0.2) is 14.4 Å². The summed E-state index contributed by atoms with van der Waals surface area (Å²) < 4.78 is -1.21. The van der Waals surface area contributed by atoms with E-state index in [1.54, 1.807) is 0 Å². The zero-order chi connectivity index (χ0) is 18.2. The predicted molar refractivity (Wildman–Crippen MR) is 116 cm³/mol. The average molecular weight is 480 g/mol. The van der Waals surface area contributed by atoms with Crippen LogP contribution in [0.25, 0.3) is 0 Å². The second kappa shape index (κ2) is 7.54. The van der Waals surface area contributed by atoms with Crippen LogP contribution in [0.2, 0.25) is 0 Å². The van der Waals surface area contributed by atoms with E-state index in [1.165, 1.54) is 51.4 Å². The summed E-state index contributed by atoms with van der Waals surface area (Å²) in [6.45, 7) is 0. The molecule has 3 heteroatoms. The zero-order valence-electron chi connectivity index (χ0n) is 15.2. The second-order valence-corrected chi connectivity index (χ2v) is 11.1. The van der Waals surface area contributed by atoms with Crippen molar-refractivity contribution in [3.8, 4) is 0 Å². The summed E-state index contributed by atoms with van der Waals surface area (Å²) in [5, 5.41) is 0. The van der Waals surface area contributed by atoms with Gasteiger partial charge >= 0.3 is 0 Å². The molecule has 0 aromatic heterocycles. The zero-order valence-corrected chi connectivity index (χ0v) is 18.4. The monoisotopic (exact) mass is 478 g/mol. The SMILES string of the molecule is O=C(C1(Br)C=CC=CC1C1CCCC1)C1(Br)C=CC=CC1C1CCCC1. The summed E-state index contributed by atoms with van der Waals surface area (Å²) in [6, 6.07) is 0. The Morgan fingerprint density at radius 1 is 0.692 bits per heavy atom. The van der Waals surface area contributed by atoms with Gasteiger partial charge in [-0.05, 0) is 37.5 Å². The van der Waals surface area contributed by atoms with Gasteiger partial charge in [-0.15, -0.1) is 0 Å². The highest BCUT2D eigenvalue weighted by Gasteiger charge is 2.55. The van der Waals surface area contributed by atoms with Crippen LogP contribution in [-0.2, 0) is 4.79 Å². The summed E-state index contributed by atoms with van der Waals surface area (Å²) in [4.78, 5) is 14.1. The van der Waals surface area contributed by atoms with Crippen LogP contribution in [0.4, 0.5) is 0 Å². The Labute approximate surface area is 174 Å². The van der Waals surface area contributed by atoms with Gasteiger partial charge in [0.05, 0.1) is 0 Å². The van der Waals surface area contributed by atoms with E-state index in [0.717, 1.165) is 0 Å². The van der Waals surface area contributed by atoms with Crippen molar-refractivity contribution in [2.75, 3.05) is 0 Å². The molecular formula is C23H28Br2O.